The van der Waals surface area contributed by atoms with E-state index in [1.807, 2.05) is 12.1 Å². The molecule has 0 radical (unpaired) electrons. The summed E-state index contributed by atoms with van der Waals surface area (Å²) in [7, 11) is 1.80. The highest BCUT2D eigenvalue weighted by atomic mass is 35.5. The van der Waals surface area contributed by atoms with Crippen LogP contribution in [0.15, 0.2) is 23.4 Å². The summed E-state index contributed by atoms with van der Waals surface area (Å²) in [6.07, 6.45) is 0. The van der Waals surface area contributed by atoms with E-state index in [2.05, 4.69) is 15.5 Å². The monoisotopic (exact) mass is 255 g/mol. The summed E-state index contributed by atoms with van der Waals surface area (Å²) < 4.78 is 1.62. The van der Waals surface area contributed by atoms with Gasteiger partial charge < -0.3 is 5.73 Å². The fraction of sp³-hybridized carbons (Fsp3) is 0.222. The molecule has 1 heterocycles. The lowest BCUT2D eigenvalue weighted by Crippen LogP contribution is -1.95. The third-order valence-electron chi connectivity index (χ3n) is 2.05. The van der Waals surface area contributed by atoms with E-state index in [4.69, 9.17) is 17.3 Å². The van der Waals surface area contributed by atoms with Crippen molar-refractivity contribution in [2.75, 3.05) is 5.73 Å². The molecule has 0 saturated heterocycles. The van der Waals surface area contributed by atoms with Gasteiger partial charge in [-0.1, -0.05) is 29.4 Å². The van der Waals surface area contributed by atoms with Gasteiger partial charge in [-0.3, -0.25) is 0 Å². The van der Waals surface area contributed by atoms with Crippen LogP contribution in [-0.2, 0) is 12.8 Å². The molecule has 2 N–H and O–H groups in total. The van der Waals surface area contributed by atoms with Gasteiger partial charge in [0.15, 0.2) is 0 Å². The van der Waals surface area contributed by atoms with Crippen LogP contribution in [0.1, 0.15) is 5.56 Å². The number of thioether (sulfide) groups is 1. The zero-order chi connectivity index (χ0) is 11.5. The van der Waals surface area contributed by atoms with E-state index in [1.54, 1.807) is 17.8 Å². The van der Waals surface area contributed by atoms with Crippen molar-refractivity contribution in [3.63, 3.8) is 0 Å². The molecule has 1 aromatic carbocycles. The summed E-state index contributed by atoms with van der Waals surface area (Å²) in [4.78, 5) is 0. The minimum absolute atomic E-state index is 0.645. The first-order valence-electron chi connectivity index (χ1n) is 4.56. The van der Waals surface area contributed by atoms with Crippen molar-refractivity contribution in [1.29, 1.82) is 0 Å². The molecule has 0 saturated carbocycles. The lowest BCUT2D eigenvalue weighted by atomic mass is 10.2. The molecule has 0 fully saturated rings. The first-order valence-corrected chi connectivity index (χ1v) is 5.92. The third kappa shape index (κ3) is 2.45. The van der Waals surface area contributed by atoms with Gasteiger partial charge in [0.2, 0.25) is 5.16 Å². The Morgan fingerprint density at radius 1 is 1.50 bits per heavy atom. The van der Waals surface area contributed by atoms with E-state index < -0.39 is 0 Å². The number of hydrogen-bond acceptors (Lipinski definition) is 5. The number of nitrogens with zero attached hydrogens (tertiary/aromatic N) is 4. The Morgan fingerprint density at radius 2 is 2.31 bits per heavy atom. The molecule has 16 heavy (non-hydrogen) atoms. The van der Waals surface area contributed by atoms with Crippen LogP contribution in [-0.4, -0.2) is 20.2 Å². The number of nitrogen functional groups attached to an aromatic ring is 1. The molecule has 0 aliphatic rings. The minimum Gasteiger partial charge on any atom is -0.398 e. The Hall–Kier alpha value is -1.27. The SMILES string of the molecule is Cn1nnnc1SCc1ccc(Cl)cc1N. The first kappa shape index (κ1) is 11.2. The predicted octanol–water partition coefficient (Wildman–Crippen LogP) is 1.74. The van der Waals surface area contributed by atoms with Gasteiger partial charge in [0.1, 0.15) is 0 Å². The van der Waals surface area contributed by atoms with Gasteiger partial charge in [0.05, 0.1) is 0 Å². The highest BCUT2D eigenvalue weighted by molar-refractivity contribution is 7.98. The van der Waals surface area contributed by atoms with Crippen LogP contribution in [0.5, 0.6) is 0 Å². The number of hydrogen-bond donors (Lipinski definition) is 1. The molecule has 84 valence electrons. The fourth-order valence-electron chi connectivity index (χ4n) is 1.18. The molecule has 0 aliphatic carbocycles. The average molecular weight is 256 g/mol. The van der Waals surface area contributed by atoms with E-state index in [0.717, 1.165) is 16.5 Å². The average Bonchev–Trinajstić information content (AvgIpc) is 2.63. The molecule has 2 aromatic rings. The molecule has 0 unspecified atom stereocenters. The summed E-state index contributed by atoms with van der Waals surface area (Å²) in [5.74, 6) is 0.719. The number of tetrazole rings is 1. The van der Waals surface area contributed by atoms with Crippen molar-refractivity contribution in [1.82, 2.24) is 20.2 Å². The molecule has 1 aromatic heterocycles. The molecule has 0 spiro atoms. The highest BCUT2D eigenvalue weighted by Gasteiger charge is 2.05. The number of rotatable bonds is 3. The fourth-order valence-corrected chi connectivity index (χ4v) is 2.23. The lowest BCUT2D eigenvalue weighted by Gasteiger charge is -2.04. The van der Waals surface area contributed by atoms with E-state index in [1.165, 1.54) is 11.8 Å². The maximum atomic E-state index is 5.84. The quantitative estimate of drug-likeness (QED) is 0.668. The summed E-state index contributed by atoms with van der Waals surface area (Å²) in [5, 5.41) is 12.6. The Morgan fingerprint density at radius 3 is 2.94 bits per heavy atom. The number of aryl methyl sites for hydroxylation is 1. The second-order valence-corrected chi connectivity index (χ2v) is 4.60. The largest absolute Gasteiger partial charge is 0.398 e. The van der Waals surface area contributed by atoms with Crippen LogP contribution < -0.4 is 5.73 Å². The second kappa shape index (κ2) is 4.71. The zero-order valence-corrected chi connectivity index (χ0v) is 10.2. The van der Waals surface area contributed by atoms with Crippen LogP contribution in [0, 0.1) is 0 Å². The Kier molecular flexibility index (Phi) is 3.31. The summed E-state index contributed by atoms with van der Waals surface area (Å²) >= 11 is 7.35. The van der Waals surface area contributed by atoms with Gasteiger partial charge in [-0.25, -0.2) is 4.68 Å². The van der Waals surface area contributed by atoms with E-state index >= 15 is 0 Å². The maximum Gasteiger partial charge on any atom is 0.209 e. The summed E-state index contributed by atoms with van der Waals surface area (Å²) in [6, 6.07) is 5.48. The smallest absolute Gasteiger partial charge is 0.209 e. The molecule has 5 nitrogen and oxygen atoms in total. The van der Waals surface area contributed by atoms with Gasteiger partial charge in [-0.15, -0.1) is 5.10 Å². The van der Waals surface area contributed by atoms with E-state index in [-0.39, 0.29) is 0 Å². The zero-order valence-electron chi connectivity index (χ0n) is 8.59. The predicted molar refractivity (Wildman–Crippen MR) is 64.2 cm³/mol. The van der Waals surface area contributed by atoms with Crippen LogP contribution >= 0.6 is 23.4 Å². The van der Waals surface area contributed by atoms with Crippen LogP contribution in [0.4, 0.5) is 5.69 Å². The molecule has 7 heteroatoms. The second-order valence-electron chi connectivity index (χ2n) is 3.22. The van der Waals surface area contributed by atoms with Crippen LogP contribution in [0.25, 0.3) is 0 Å². The molecule has 0 aliphatic heterocycles. The number of halogens is 1. The highest BCUT2D eigenvalue weighted by Crippen LogP contribution is 2.25. The van der Waals surface area contributed by atoms with Gasteiger partial charge in [-0.05, 0) is 28.1 Å². The Balaban J connectivity index is 2.08. The normalized spacial score (nSPS) is 10.6. The van der Waals surface area contributed by atoms with Gasteiger partial charge in [0, 0.05) is 23.5 Å². The molecule has 0 bridgehead atoms. The number of benzene rings is 1. The number of nitrogens with two attached hydrogens (primary N) is 1. The minimum atomic E-state index is 0.645. The van der Waals surface area contributed by atoms with Gasteiger partial charge in [0.25, 0.3) is 0 Å². The standard InChI is InChI=1S/C9H10ClN5S/c1-15-9(12-13-14-15)16-5-6-2-3-7(10)4-8(6)11/h2-4H,5,11H2,1H3. The van der Waals surface area contributed by atoms with Crippen molar-refractivity contribution < 1.29 is 0 Å². The van der Waals surface area contributed by atoms with E-state index in [9.17, 15) is 0 Å². The molecule has 0 atom stereocenters. The number of aromatic nitrogens is 4. The van der Waals surface area contributed by atoms with Crippen molar-refractivity contribution in [2.24, 2.45) is 7.05 Å². The molecular weight excluding hydrogens is 246 g/mol. The van der Waals surface area contributed by atoms with Crippen molar-refractivity contribution in [3.05, 3.63) is 28.8 Å². The molecule has 0 amide bonds. The van der Waals surface area contributed by atoms with Crippen LogP contribution in [0.3, 0.4) is 0 Å². The van der Waals surface area contributed by atoms with Crippen molar-refractivity contribution >= 4 is 29.1 Å². The lowest BCUT2D eigenvalue weighted by molar-refractivity contribution is 0.664. The van der Waals surface area contributed by atoms with E-state index in [0.29, 0.717) is 10.7 Å². The first-order chi connectivity index (χ1) is 7.66. The van der Waals surface area contributed by atoms with Gasteiger partial charge >= 0.3 is 0 Å². The molecule has 2 rings (SSSR count). The van der Waals surface area contributed by atoms with Crippen molar-refractivity contribution in [3.8, 4) is 0 Å². The van der Waals surface area contributed by atoms with Crippen molar-refractivity contribution in [2.45, 2.75) is 10.9 Å². The topological polar surface area (TPSA) is 69.6 Å². The molecular formula is C9H10ClN5S. The van der Waals surface area contributed by atoms with Gasteiger partial charge in [-0.2, -0.15) is 0 Å². The third-order valence-corrected chi connectivity index (χ3v) is 3.34. The summed E-state index contributed by atoms with van der Waals surface area (Å²) in [6.45, 7) is 0. The maximum absolute atomic E-state index is 5.84. The summed E-state index contributed by atoms with van der Waals surface area (Å²) in [5.41, 5.74) is 7.56. The number of anilines is 1. The Labute approximate surface area is 102 Å². The van der Waals surface area contributed by atoms with Crippen LogP contribution in [0.2, 0.25) is 5.02 Å². The Bertz CT molecular complexity index is 498.